The van der Waals surface area contributed by atoms with Gasteiger partial charge in [0.05, 0.1) is 30.8 Å². The molecule has 1 aromatic rings. The maximum atomic E-state index is 11.9. The summed E-state index contributed by atoms with van der Waals surface area (Å²) in [5.41, 5.74) is 0.138. The Morgan fingerprint density at radius 3 is 2.48 bits per heavy atom. The molecule has 25 heavy (non-hydrogen) atoms. The summed E-state index contributed by atoms with van der Waals surface area (Å²) in [7, 11) is 1.01. The predicted octanol–water partition coefficient (Wildman–Crippen LogP) is 2.48. The Bertz CT molecular complexity index is 606. The smallest absolute Gasteiger partial charge is 0.469 e. The fourth-order valence-electron chi connectivity index (χ4n) is 3.71. The van der Waals surface area contributed by atoms with Gasteiger partial charge in [0.25, 0.3) is 0 Å². The third-order valence-corrected chi connectivity index (χ3v) is 6.03. The van der Waals surface area contributed by atoms with Crippen LogP contribution in [-0.2, 0) is 18.8 Å². The Morgan fingerprint density at radius 1 is 1.32 bits per heavy atom. The third kappa shape index (κ3) is 3.63. The molecule has 1 atom stereocenters. The van der Waals surface area contributed by atoms with Gasteiger partial charge in [-0.05, 0) is 46.5 Å². The zero-order valence-corrected chi connectivity index (χ0v) is 15.9. The molecule has 2 heterocycles. The molecule has 3 rings (SSSR count). The summed E-state index contributed by atoms with van der Waals surface area (Å²) in [5.74, 6) is 0.273. The van der Waals surface area contributed by atoms with Crippen molar-refractivity contribution in [3.8, 4) is 0 Å². The van der Waals surface area contributed by atoms with E-state index in [9.17, 15) is 4.79 Å². The van der Waals surface area contributed by atoms with Gasteiger partial charge in [-0.25, -0.2) is 0 Å². The molecule has 138 valence electrons. The van der Waals surface area contributed by atoms with E-state index >= 15 is 0 Å². The van der Waals surface area contributed by atoms with E-state index < -0.39 is 7.12 Å². The second-order valence-corrected chi connectivity index (χ2v) is 8.23. The molecule has 0 N–H and O–H groups in total. The van der Waals surface area contributed by atoms with Gasteiger partial charge in [-0.1, -0.05) is 12.8 Å². The van der Waals surface area contributed by atoms with Crippen molar-refractivity contribution in [1.29, 1.82) is 0 Å². The Balaban J connectivity index is 1.79. The van der Waals surface area contributed by atoms with Crippen LogP contribution in [0.2, 0.25) is 0 Å². The number of carbonyl (C=O) groups excluding carboxylic acids is 1. The van der Waals surface area contributed by atoms with Crippen LogP contribution >= 0.6 is 0 Å². The molecule has 2 aliphatic rings. The standard InChI is InChI=1S/C18H29BN2O4/c1-17(2)18(3,4)25-19(24-17)14-11-20-21(12-14)15(10-16(22)23-5)13-8-6-7-9-13/h11-13,15H,6-10H2,1-5H3/t15-/m1/s1. The van der Waals surface area contributed by atoms with E-state index in [0.29, 0.717) is 12.3 Å². The fourth-order valence-corrected chi connectivity index (χ4v) is 3.71. The minimum absolute atomic E-state index is 0.0334. The SMILES string of the molecule is COC(=O)C[C@H](C1CCCC1)n1cc(B2OC(C)(C)C(C)(C)O2)cn1. The zero-order chi connectivity index (χ0) is 18.2. The number of rotatable bonds is 5. The van der Waals surface area contributed by atoms with E-state index in [1.54, 1.807) is 6.20 Å². The largest absolute Gasteiger partial charge is 0.498 e. The Hall–Kier alpha value is -1.34. The minimum Gasteiger partial charge on any atom is -0.469 e. The summed E-state index contributed by atoms with van der Waals surface area (Å²) in [4.78, 5) is 11.9. The van der Waals surface area contributed by atoms with Crippen LogP contribution in [0, 0.1) is 5.92 Å². The van der Waals surface area contributed by atoms with Gasteiger partial charge in [0, 0.05) is 17.9 Å². The predicted molar refractivity (Wildman–Crippen MR) is 95.6 cm³/mol. The maximum absolute atomic E-state index is 11.9. The van der Waals surface area contributed by atoms with E-state index in [2.05, 4.69) is 5.10 Å². The third-order valence-electron chi connectivity index (χ3n) is 6.03. The first-order valence-electron chi connectivity index (χ1n) is 9.20. The van der Waals surface area contributed by atoms with Crippen LogP contribution in [0.1, 0.15) is 65.8 Å². The lowest BCUT2D eigenvalue weighted by Crippen LogP contribution is -2.41. The van der Waals surface area contributed by atoms with Crippen LogP contribution in [0.4, 0.5) is 0 Å². The van der Waals surface area contributed by atoms with Crippen LogP contribution < -0.4 is 5.46 Å². The molecule has 0 amide bonds. The maximum Gasteiger partial charge on any atom is 0.498 e. The number of aromatic nitrogens is 2. The summed E-state index contributed by atoms with van der Waals surface area (Å²) in [5, 5.41) is 4.54. The summed E-state index contributed by atoms with van der Waals surface area (Å²) in [6.45, 7) is 8.15. The Kier molecular flexibility index (Phi) is 4.99. The highest BCUT2D eigenvalue weighted by Gasteiger charge is 2.52. The van der Waals surface area contributed by atoms with Crippen molar-refractivity contribution in [2.24, 2.45) is 5.92 Å². The van der Waals surface area contributed by atoms with Crippen LogP contribution in [0.15, 0.2) is 12.4 Å². The molecule has 0 spiro atoms. The van der Waals surface area contributed by atoms with E-state index in [1.807, 2.05) is 38.6 Å². The minimum atomic E-state index is -0.430. The van der Waals surface area contributed by atoms with Gasteiger partial charge in [-0.15, -0.1) is 0 Å². The highest BCUT2D eigenvalue weighted by Crippen LogP contribution is 2.38. The molecular weight excluding hydrogens is 319 g/mol. The molecule has 1 aromatic heterocycles. The van der Waals surface area contributed by atoms with Gasteiger partial charge in [-0.3, -0.25) is 9.48 Å². The molecule has 0 unspecified atom stereocenters. The summed E-state index contributed by atoms with van der Waals surface area (Å²) in [6, 6.07) is 0.0334. The quantitative estimate of drug-likeness (QED) is 0.604. The Morgan fingerprint density at radius 2 is 1.92 bits per heavy atom. The normalized spacial score (nSPS) is 23.8. The monoisotopic (exact) mass is 348 g/mol. The molecule has 0 aromatic carbocycles. The van der Waals surface area contributed by atoms with Gasteiger partial charge < -0.3 is 14.0 Å². The molecule has 1 saturated heterocycles. The molecule has 6 nitrogen and oxygen atoms in total. The zero-order valence-electron chi connectivity index (χ0n) is 15.9. The second-order valence-electron chi connectivity index (χ2n) is 8.23. The summed E-state index contributed by atoms with van der Waals surface area (Å²) in [6.07, 6.45) is 8.81. The molecule has 7 heteroatoms. The van der Waals surface area contributed by atoms with E-state index in [0.717, 1.165) is 18.3 Å². The molecule has 0 radical (unpaired) electrons. The van der Waals surface area contributed by atoms with Crippen LogP contribution in [0.3, 0.4) is 0 Å². The topological polar surface area (TPSA) is 62.6 Å². The Labute approximate surface area is 150 Å². The van der Waals surface area contributed by atoms with Gasteiger partial charge in [-0.2, -0.15) is 5.10 Å². The first-order chi connectivity index (χ1) is 11.7. The van der Waals surface area contributed by atoms with Gasteiger partial charge >= 0.3 is 13.1 Å². The molecule has 2 fully saturated rings. The number of carbonyl (C=O) groups is 1. The molecule has 1 aliphatic carbocycles. The van der Waals surface area contributed by atoms with Crippen molar-refractivity contribution >= 4 is 18.6 Å². The first-order valence-corrected chi connectivity index (χ1v) is 9.20. The van der Waals surface area contributed by atoms with Crippen molar-refractivity contribution in [2.45, 2.75) is 77.0 Å². The van der Waals surface area contributed by atoms with Crippen molar-refractivity contribution in [3.63, 3.8) is 0 Å². The van der Waals surface area contributed by atoms with E-state index in [1.165, 1.54) is 20.0 Å². The van der Waals surface area contributed by atoms with Crippen molar-refractivity contribution < 1.29 is 18.8 Å². The lowest BCUT2D eigenvalue weighted by Gasteiger charge is -2.32. The number of ether oxygens (including phenoxy) is 1. The van der Waals surface area contributed by atoms with Crippen LogP contribution in [-0.4, -0.2) is 41.2 Å². The second kappa shape index (κ2) is 6.76. The van der Waals surface area contributed by atoms with E-state index in [-0.39, 0.29) is 23.2 Å². The number of methoxy groups -OCH3 is 1. The summed E-state index contributed by atoms with van der Waals surface area (Å²) < 4.78 is 19.0. The molecular formula is C18H29BN2O4. The lowest BCUT2D eigenvalue weighted by molar-refractivity contribution is -0.142. The van der Waals surface area contributed by atoms with Gasteiger partial charge in [0.1, 0.15) is 0 Å². The van der Waals surface area contributed by atoms with Gasteiger partial charge in [0.15, 0.2) is 0 Å². The van der Waals surface area contributed by atoms with Crippen molar-refractivity contribution in [3.05, 3.63) is 12.4 Å². The molecule has 1 saturated carbocycles. The average molecular weight is 348 g/mol. The van der Waals surface area contributed by atoms with Crippen LogP contribution in [0.5, 0.6) is 0 Å². The number of hydrogen-bond donors (Lipinski definition) is 0. The van der Waals surface area contributed by atoms with Crippen molar-refractivity contribution in [2.75, 3.05) is 7.11 Å². The van der Waals surface area contributed by atoms with Crippen LogP contribution in [0.25, 0.3) is 0 Å². The summed E-state index contributed by atoms with van der Waals surface area (Å²) >= 11 is 0. The number of nitrogens with zero attached hydrogens (tertiary/aromatic N) is 2. The molecule has 0 bridgehead atoms. The van der Waals surface area contributed by atoms with Gasteiger partial charge in [0.2, 0.25) is 0 Å². The molecule has 1 aliphatic heterocycles. The van der Waals surface area contributed by atoms with Crippen molar-refractivity contribution in [1.82, 2.24) is 9.78 Å². The lowest BCUT2D eigenvalue weighted by atomic mass is 9.82. The number of hydrogen-bond acceptors (Lipinski definition) is 5. The first kappa shape index (κ1) is 18.5. The number of esters is 1. The highest BCUT2D eigenvalue weighted by atomic mass is 16.7. The fraction of sp³-hybridized carbons (Fsp3) is 0.778. The average Bonchev–Trinajstić information content (AvgIpc) is 3.25. The van der Waals surface area contributed by atoms with E-state index in [4.69, 9.17) is 14.0 Å². The highest BCUT2D eigenvalue weighted by molar-refractivity contribution is 6.62.